The van der Waals surface area contributed by atoms with Crippen molar-refractivity contribution in [2.24, 2.45) is 0 Å². The van der Waals surface area contributed by atoms with Crippen LogP contribution in [-0.4, -0.2) is 53.2 Å². The largest absolute Gasteiger partial charge is 0.352 e. The molecular formula is C17H20N6O2. The van der Waals surface area contributed by atoms with Gasteiger partial charge in [0.2, 0.25) is 5.91 Å². The molecule has 3 amide bonds. The predicted molar refractivity (Wildman–Crippen MR) is 95.6 cm³/mol. The van der Waals surface area contributed by atoms with Crippen molar-refractivity contribution in [2.45, 2.75) is 6.92 Å². The number of benzene rings is 1. The third-order valence-corrected chi connectivity index (χ3v) is 3.97. The van der Waals surface area contributed by atoms with Crippen molar-refractivity contribution in [2.75, 3.05) is 41.7 Å². The van der Waals surface area contributed by atoms with E-state index >= 15 is 0 Å². The van der Waals surface area contributed by atoms with Crippen molar-refractivity contribution in [3.63, 3.8) is 0 Å². The van der Waals surface area contributed by atoms with Crippen LogP contribution in [0, 0.1) is 0 Å². The number of nitrogens with zero attached hydrogens (tertiary/aromatic N) is 4. The van der Waals surface area contributed by atoms with E-state index < -0.39 is 0 Å². The maximum absolute atomic E-state index is 11.9. The highest BCUT2D eigenvalue weighted by atomic mass is 16.2. The topological polar surface area (TPSA) is 90.5 Å². The first-order chi connectivity index (χ1) is 12.1. The summed E-state index contributed by atoms with van der Waals surface area (Å²) < 4.78 is 0. The van der Waals surface area contributed by atoms with Crippen LogP contribution < -0.4 is 15.5 Å². The first-order valence-electron chi connectivity index (χ1n) is 8.09. The monoisotopic (exact) mass is 340 g/mol. The van der Waals surface area contributed by atoms with Crippen LogP contribution in [0.15, 0.2) is 42.5 Å². The average molecular weight is 340 g/mol. The molecule has 2 heterocycles. The molecule has 1 aromatic carbocycles. The third kappa shape index (κ3) is 4.43. The number of amides is 3. The van der Waals surface area contributed by atoms with E-state index in [2.05, 4.69) is 25.7 Å². The van der Waals surface area contributed by atoms with Crippen LogP contribution >= 0.6 is 0 Å². The van der Waals surface area contributed by atoms with Gasteiger partial charge < -0.3 is 15.1 Å². The molecule has 3 rings (SSSR count). The number of carbonyl (C=O) groups excluding carboxylic acids is 2. The van der Waals surface area contributed by atoms with E-state index in [-0.39, 0.29) is 11.9 Å². The minimum atomic E-state index is -0.372. The van der Waals surface area contributed by atoms with E-state index in [1.165, 1.54) is 0 Å². The smallest absolute Gasteiger partial charge is 0.324 e. The summed E-state index contributed by atoms with van der Waals surface area (Å²) in [7, 11) is 0. The summed E-state index contributed by atoms with van der Waals surface area (Å²) in [6.45, 7) is 4.37. The first kappa shape index (κ1) is 16.7. The van der Waals surface area contributed by atoms with Gasteiger partial charge in [-0.3, -0.25) is 10.1 Å². The molecule has 1 aliphatic rings. The molecular weight excluding hydrogens is 320 g/mol. The van der Waals surface area contributed by atoms with Crippen molar-refractivity contribution in [1.29, 1.82) is 0 Å². The van der Waals surface area contributed by atoms with Gasteiger partial charge in [-0.1, -0.05) is 18.2 Å². The molecule has 130 valence electrons. The summed E-state index contributed by atoms with van der Waals surface area (Å²) in [6.07, 6.45) is 0. The second kappa shape index (κ2) is 7.61. The minimum Gasteiger partial charge on any atom is -0.352 e. The molecule has 1 aliphatic heterocycles. The highest BCUT2D eigenvalue weighted by Gasteiger charge is 2.19. The number of rotatable bonds is 3. The molecule has 1 aromatic heterocycles. The van der Waals surface area contributed by atoms with Crippen LogP contribution in [0.4, 0.5) is 22.1 Å². The number of aromatic nitrogens is 2. The fourth-order valence-electron chi connectivity index (χ4n) is 2.61. The molecule has 1 fully saturated rings. The number of carbonyl (C=O) groups is 2. The van der Waals surface area contributed by atoms with Gasteiger partial charge in [-0.15, -0.1) is 10.2 Å². The SMILES string of the molecule is CC(=O)N1CCN(c2ccc(NC(=O)Nc3ccccc3)nn2)CC1. The lowest BCUT2D eigenvalue weighted by atomic mass is 10.3. The summed E-state index contributed by atoms with van der Waals surface area (Å²) in [4.78, 5) is 27.2. The zero-order valence-electron chi connectivity index (χ0n) is 14.0. The van der Waals surface area contributed by atoms with E-state index in [0.29, 0.717) is 24.6 Å². The number of hydrogen-bond acceptors (Lipinski definition) is 5. The fraction of sp³-hybridized carbons (Fsp3) is 0.294. The van der Waals surface area contributed by atoms with E-state index in [4.69, 9.17) is 0 Å². The van der Waals surface area contributed by atoms with Crippen molar-refractivity contribution < 1.29 is 9.59 Å². The second-order valence-electron chi connectivity index (χ2n) is 5.72. The molecule has 0 saturated carbocycles. The van der Waals surface area contributed by atoms with Gasteiger partial charge in [0.05, 0.1) is 0 Å². The first-order valence-corrected chi connectivity index (χ1v) is 8.09. The Bertz CT molecular complexity index is 727. The molecule has 8 nitrogen and oxygen atoms in total. The van der Waals surface area contributed by atoms with Gasteiger partial charge in [-0.05, 0) is 24.3 Å². The van der Waals surface area contributed by atoms with E-state index in [1.54, 1.807) is 25.1 Å². The third-order valence-electron chi connectivity index (χ3n) is 3.97. The van der Waals surface area contributed by atoms with Crippen LogP contribution in [0.3, 0.4) is 0 Å². The van der Waals surface area contributed by atoms with Crippen molar-refractivity contribution in [1.82, 2.24) is 15.1 Å². The maximum atomic E-state index is 11.9. The van der Waals surface area contributed by atoms with E-state index in [0.717, 1.165) is 18.9 Å². The van der Waals surface area contributed by atoms with Crippen molar-refractivity contribution >= 4 is 29.3 Å². The molecule has 2 aromatic rings. The van der Waals surface area contributed by atoms with Gasteiger partial charge in [0, 0.05) is 38.8 Å². The Morgan fingerprint density at radius 2 is 1.64 bits per heavy atom. The van der Waals surface area contributed by atoms with Crippen LogP contribution in [0.2, 0.25) is 0 Å². The summed E-state index contributed by atoms with van der Waals surface area (Å²) >= 11 is 0. The van der Waals surface area contributed by atoms with Gasteiger partial charge in [0.1, 0.15) is 0 Å². The summed E-state index contributed by atoms with van der Waals surface area (Å²) in [6, 6.07) is 12.3. The fourth-order valence-corrected chi connectivity index (χ4v) is 2.61. The molecule has 1 saturated heterocycles. The number of nitrogens with one attached hydrogen (secondary N) is 2. The number of para-hydroxylation sites is 1. The molecule has 0 radical (unpaired) electrons. The summed E-state index contributed by atoms with van der Waals surface area (Å²) in [5, 5.41) is 13.6. The normalized spacial score (nSPS) is 14.1. The summed E-state index contributed by atoms with van der Waals surface area (Å²) in [5.41, 5.74) is 0.702. The van der Waals surface area contributed by atoms with Gasteiger partial charge in [-0.2, -0.15) is 0 Å². The maximum Gasteiger partial charge on any atom is 0.324 e. The minimum absolute atomic E-state index is 0.0923. The van der Waals surface area contributed by atoms with E-state index in [1.807, 2.05) is 29.2 Å². The summed E-state index contributed by atoms with van der Waals surface area (Å²) in [5.74, 6) is 1.20. The number of hydrogen-bond donors (Lipinski definition) is 2. The lowest BCUT2D eigenvalue weighted by Crippen LogP contribution is -2.48. The Balaban J connectivity index is 1.54. The molecule has 0 bridgehead atoms. The predicted octanol–water partition coefficient (Wildman–Crippen LogP) is 1.79. The zero-order chi connectivity index (χ0) is 17.6. The molecule has 0 unspecified atom stereocenters. The number of piperazine rings is 1. The Hall–Kier alpha value is -3.16. The van der Waals surface area contributed by atoms with Crippen LogP contribution in [0.5, 0.6) is 0 Å². The zero-order valence-corrected chi connectivity index (χ0v) is 14.0. The van der Waals surface area contributed by atoms with Crippen LogP contribution in [0.1, 0.15) is 6.92 Å². The Morgan fingerprint density at radius 3 is 2.24 bits per heavy atom. The van der Waals surface area contributed by atoms with Crippen LogP contribution in [-0.2, 0) is 4.79 Å². The quantitative estimate of drug-likeness (QED) is 0.889. The molecule has 0 spiro atoms. The molecule has 0 atom stereocenters. The number of urea groups is 1. The van der Waals surface area contributed by atoms with E-state index in [9.17, 15) is 9.59 Å². The molecule has 0 aliphatic carbocycles. The van der Waals surface area contributed by atoms with Gasteiger partial charge >= 0.3 is 6.03 Å². The number of anilines is 3. The molecule has 25 heavy (non-hydrogen) atoms. The van der Waals surface area contributed by atoms with Gasteiger partial charge in [-0.25, -0.2) is 4.79 Å². The van der Waals surface area contributed by atoms with Crippen LogP contribution in [0.25, 0.3) is 0 Å². The molecule has 8 heteroatoms. The van der Waals surface area contributed by atoms with Crippen molar-refractivity contribution in [3.8, 4) is 0 Å². The standard InChI is InChI=1S/C17H20N6O2/c1-13(24)22-9-11-23(12-10-22)16-8-7-15(20-21-16)19-17(25)18-14-5-3-2-4-6-14/h2-8H,9-12H2,1H3,(H2,18,19,20,25). The lowest BCUT2D eigenvalue weighted by molar-refractivity contribution is -0.129. The molecule has 2 N–H and O–H groups in total. The Morgan fingerprint density at radius 1 is 0.920 bits per heavy atom. The van der Waals surface area contributed by atoms with Gasteiger partial charge in [0.25, 0.3) is 0 Å². The van der Waals surface area contributed by atoms with Crippen molar-refractivity contribution in [3.05, 3.63) is 42.5 Å². The Kier molecular flexibility index (Phi) is 5.08. The highest BCUT2D eigenvalue weighted by Crippen LogP contribution is 2.14. The average Bonchev–Trinajstić information content (AvgIpc) is 2.63. The lowest BCUT2D eigenvalue weighted by Gasteiger charge is -2.34. The van der Waals surface area contributed by atoms with Gasteiger partial charge in [0.15, 0.2) is 11.6 Å². The second-order valence-corrected chi connectivity index (χ2v) is 5.72. The Labute approximate surface area is 145 Å². The highest BCUT2D eigenvalue weighted by molar-refractivity contribution is 5.99.